The third kappa shape index (κ3) is 2.09. The first-order valence-electron chi connectivity index (χ1n) is 9.49. The lowest BCUT2D eigenvalue weighted by atomic mass is 9.48. The molecule has 3 unspecified atom stereocenters. The van der Waals surface area contributed by atoms with E-state index in [1.807, 2.05) is 0 Å². The van der Waals surface area contributed by atoms with Crippen molar-refractivity contribution in [1.82, 2.24) is 0 Å². The molecule has 0 spiro atoms. The maximum absolute atomic E-state index is 12.2. The molecule has 0 radical (unpaired) electrons. The monoisotopic (exact) mass is 362 g/mol. The minimum atomic E-state index is -1.21. The molecular weight excluding hydrogens is 336 g/mol. The molecule has 0 aromatic rings. The SMILES string of the molecule is CC(=O)[C@@]1(O)CCC2C3C=C(Cl)C4=CC(=O)CC[C@]4(C)C3CC[C@@]21C. The zero-order chi connectivity index (χ0) is 18.2. The topological polar surface area (TPSA) is 54.4 Å². The minimum absolute atomic E-state index is 0.0668. The van der Waals surface area contributed by atoms with Crippen LogP contribution in [-0.2, 0) is 9.59 Å². The van der Waals surface area contributed by atoms with E-state index in [0.29, 0.717) is 23.8 Å². The van der Waals surface area contributed by atoms with Gasteiger partial charge in [0.15, 0.2) is 11.6 Å². The molecule has 0 saturated heterocycles. The standard InChI is InChI=1S/C21H27ClO3/c1-12(23)21(25)9-6-16-14-11-18(22)17-10-13(24)4-7-19(17,2)15(14)5-8-20(16,21)3/h10-11,14-16,25H,4-9H2,1-3H3/t14?,15?,16?,19-,20+,21+/m1/s1. The number of halogens is 1. The summed E-state index contributed by atoms with van der Waals surface area (Å²) in [6.45, 7) is 5.88. The Bertz CT molecular complexity index is 723. The summed E-state index contributed by atoms with van der Waals surface area (Å²) in [6.07, 6.45) is 8.57. The summed E-state index contributed by atoms with van der Waals surface area (Å²) in [5.41, 5.74) is -0.643. The van der Waals surface area contributed by atoms with Crippen LogP contribution in [0.1, 0.15) is 59.3 Å². The van der Waals surface area contributed by atoms with E-state index in [-0.39, 0.29) is 34.2 Å². The van der Waals surface area contributed by atoms with E-state index in [2.05, 4.69) is 19.9 Å². The molecule has 2 saturated carbocycles. The van der Waals surface area contributed by atoms with Crippen molar-refractivity contribution in [3.05, 3.63) is 22.8 Å². The van der Waals surface area contributed by atoms with E-state index < -0.39 is 5.60 Å². The normalized spacial score (nSPS) is 48.8. The van der Waals surface area contributed by atoms with Crippen molar-refractivity contribution in [2.45, 2.75) is 64.9 Å². The fraction of sp³-hybridized carbons (Fsp3) is 0.714. The van der Waals surface area contributed by atoms with Crippen LogP contribution < -0.4 is 0 Å². The van der Waals surface area contributed by atoms with Crippen LogP contribution in [0.25, 0.3) is 0 Å². The molecule has 0 heterocycles. The number of hydrogen-bond acceptors (Lipinski definition) is 3. The molecule has 4 aliphatic rings. The first kappa shape index (κ1) is 17.5. The van der Waals surface area contributed by atoms with Crippen molar-refractivity contribution in [2.24, 2.45) is 28.6 Å². The smallest absolute Gasteiger partial charge is 0.161 e. The highest BCUT2D eigenvalue weighted by atomic mass is 35.5. The van der Waals surface area contributed by atoms with Crippen LogP contribution in [0.4, 0.5) is 0 Å². The maximum atomic E-state index is 12.2. The summed E-state index contributed by atoms with van der Waals surface area (Å²) in [5, 5.41) is 11.9. The van der Waals surface area contributed by atoms with Gasteiger partial charge in [0.1, 0.15) is 5.60 Å². The van der Waals surface area contributed by atoms with Crippen molar-refractivity contribution < 1.29 is 14.7 Å². The van der Waals surface area contributed by atoms with Gasteiger partial charge in [-0.15, -0.1) is 0 Å². The van der Waals surface area contributed by atoms with Crippen LogP contribution in [0.15, 0.2) is 22.8 Å². The molecular formula is C21H27ClO3. The third-order valence-electron chi connectivity index (χ3n) is 8.29. The summed E-state index contributed by atoms with van der Waals surface area (Å²) in [7, 11) is 0. The van der Waals surface area contributed by atoms with Crippen molar-refractivity contribution in [3.63, 3.8) is 0 Å². The molecule has 0 bridgehead atoms. The van der Waals surface area contributed by atoms with Gasteiger partial charge in [-0.2, -0.15) is 0 Å². The van der Waals surface area contributed by atoms with Crippen molar-refractivity contribution in [1.29, 1.82) is 0 Å². The summed E-state index contributed by atoms with van der Waals surface area (Å²) >= 11 is 6.65. The van der Waals surface area contributed by atoms with Gasteiger partial charge in [0, 0.05) is 16.9 Å². The Balaban J connectivity index is 1.80. The van der Waals surface area contributed by atoms with Crippen LogP contribution in [0.3, 0.4) is 0 Å². The molecule has 6 atom stereocenters. The molecule has 4 rings (SSSR count). The van der Waals surface area contributed by atoms with E-state index in [1.165, 1.54) is 6.92 Å². The zero-order valence-corrected chi connectivity index (χ0v) is 16.0. The first-order valence-corrected chi connectivity index (χ1v) is 9.87. The van der Waals surface area contributed by atoms with Gasteiger partial charge in [-0.3, -0.25) is 9.59 Å². The summed E-state index contributed by atoms with van der Waals surface area (Å²) in [5.74, 6) is 1.04. The molecule has 0 aromatic carbocycles. The highest BCUT2D eigenvalue weighted by Gasteiger charge is 2.65. The fourth-order valence-electron chi connectivity index (χ4n) is 6.67. The van der Waals surface area contributed by atoms with E-state index in [9.17, 15) is 14.7 Å². The van der Waals surface area contributed by atoms with Crippen LogP contribution in [0.5, 0.6) is 0 Å². The predicted molar refractivity (Wildman–Crippen MR) is 97.0 cm³/mol. The lowest BCUT2D eigenvalue weighted by Gasteiger charge is -2.57. The number of carbonyl (C=O) groups is 2. The molecule has 2 fully saturated rings. The van der Waals surface area contributed by atoms with Crippen LogP contribution >= 0.6 is 11.6 Å². The summed E-state index contributed by atoms with van der Waals surface area (Å²) < 4.78 is 0. The van der Waals surface area contributed by atoms with E-state index in [4.69, 9.17) is 11.6 Å². The minimum Gasteiger partial charge on any atom is -0.382 e. The number of rotatable bonds is 1. The van der Waals surface area contributed by atoms with Crippen LogP contribution in [0.2, 0.25) is 0 Å². The fourth-order valence-corrected chi connectivity index (χ4v) is 7.08. The highest BCUT2D eigenvalue weighted by molar-refractivity contribution is 6.32. The number of fused-ring (bicyclic) bond motifs is 5. The lowest BCUT2D eigenvalue weighted by Crippen LogP contribution is -2.56. The molecule has 0 aliphatic heterocycles. The van der Waals surface area contributed by atoms with Gasteiger partial charge >= 0.3 is 0 Å². The quantitative estimate of drug-likeness (QED) is 0.761. The Hall–Kier alpha value is -0.930. The summed E-state index contributed by atoms with van der Waals surface area (Å²) in [4.78, 5) is 24.2. The lowest BCUT2D eigenvalue weighted by molar-refractivity contribution is -0.156. The third-order valence-corrected chi connectivity index (χ3v) is 8.62. The Labute approximate surface area is 154 Å². The van der Waals surface area contributed by atoms with Gasteiger partial charge in [0.25, 0.3) is 0 Å². The van der Waals surface area contributed by atoms with Crippen molar-refractivity contribution in [2.75, 3.05) is 0 Å². The van der Waals surface area contributed by atoms with E-state index in [1.54, 1.807) is 6.08 Å². The van der Waals surface area contributed by atoms with Gasteiger partial charge < -0.3 is 5.11 Å². The Morgan fingerprint density at radius 3 is 2.56 bits per heavy atom. The molecule has 25 heavy (non-hydrogen) atoms. The molecule has 0 aromatic heterocycles. The number of aliphatic hydroxyl groups is 1. The van der Waals surface area contributed by atoms with Crippen LogP contribution in [-0.4, -0.2) is 22.3 Å². The number of allylic oxidation sites excluding steroid dienone is 4. The number of hydrogen-bond donors (Lipinski definition) is 1. The second-order valence-electron chi connectivity index (χ2n) is 9.16. The Morgan fingerprint density at radius 1 is 1.20 bits per heavy atom. The second-order valence-corrected chi connectivity index (χ2v) is 9.57. The largest absolute Gasteiger partial charge is 0.382 e. The maximum Gasteiger partial charge on any atom is 0.161 e. The number of carbonyl (C=O) groups excluding carboxylic acids is 2. The van der Waals surface area contributed by atoms with Gasteiger partial charge in [-0.1, -0.05) is 31.5 Å². The number of ketones is 2. The molecule has 3 nitrogen and oxygen atoms in total. The number of Topliss-reactive ketones (excluding diaryl/α,β-unsaturated/α-hetero) is 1. The van der Waals surface area contributed by atoms with Gasteiger partial charge in [0.2, 0.25) is 0 Å². The molecule has 0 amide bonds. The first-order chi connectivity index (χ1) is 11.6. The van der Waals surface area contributed by atoms with Crippen LogP contribution in [0, 0.1) is 28.6 Å². The van der Waals surface area contributed by atoms with Gasteiger partial charge in [-0.05, 0) is 73.8 Å². The zero-order valence-electron chi connectivity index (χ0n) is 15.3. The highest BCUT2D eigenvalue weighted by Crippen LogP contribution is 2.67. The molecule has 1 N–H and O–H groups in total. The van der Waals surface area contributed by atoms with E-state index >= 15 is 0 Å². The second kappa shape index (κ2) is 5.29. The predicted octanol–water partition coefficient (Wildman–Crippen LogP) is 4.18. The molecule has 136 valence electrons. The average molecular weight is 363 g/mol. The molecule has 4 heteroatoms. The van der Waals surface area contributed by atoms with Crippen molar-refractivity contribution in [3.8, 4) is 0 Å². The summed E-state index contributed by atoms with van der Waals surface area (Å²) in [6, 6.07) is 0. The van der Waals surface area contributed by atoms with Gasteiger partial charge in [0.05, 0.1) is 0 Å². The van der Waals surface area contributed by atoms with E-state index in [0.717, 1.165) is 31.3 Å². The van der Waals surface area contributed by atoms with Crippen molar-refractivity contribution >= 4 is 23.2 Å². The molecule has 4 aliphatic carbocycles. The average Bonchev–Trinajstić information content (AvgIpc) is 2.83. The Morgan fingerprint density at radius 2 is 1.88 bits per heavy atom. The Kier molecular flexibility index (Phi) is 3.70. The van der Waals surface area contributed by atoms with Gasteiger partial charge in [-0.25, -0.2) is 0 Å².